The van der Waals surface area contributed by atoms with E-state index < -0.39 is 0 Å². The standard InChI is InChI=1S/C20H27NO3/c1-2-23-18-12-20(24-13-18)7-8-21(14-20)19(22)11-15-9-16-5-3-4-6-17(16)10-15/h3-6,15,18H,2,7-14H2,1H3/t18-,20+/m0/s1. The molecule has 2 atom stereocenters. The highest BCUT2D eigenvalue weighted by Crippen LogP contribution is 2.37. The van der Waals surface area contributed by atoms with Crippen LogP contribution in [-0.2, 0) is 27.1 Å². The molecule has 2 aliphatic heterocycles. The van der Waals surface area contributed by atoms with Crippen molar-refractivity contribution in [1.82, 2.24) is 4.90 Å². The van der Waals surface area contributed by atoms with Gasteiger partial charge < -0.3 is 14.4 Å². The predicted octanol–water partition coefficient (Wildman–Crippen LogP) is 2.59. The number of carbonyl (C=O) groups is 1. The van der Waals surface area contributed by atoms with Crippen LogP contribution in [0.15, 0.2) is 24.3 Å². The number of carbonyl (C=O) groups excluding carboxylic acids is 1. The molecule has 2 saturated heterocycles. The van der Waals surface area contributed by atoms with Crippen LogP contribution in [0.5, 0.6) is 0 Å². The van der Waals surface area contributed by atoms with Gasteiger partial charge in [-0.05, 0) is 43.2 Å². The Morgan fingerprint density at radius 3 is 2.79 bits per heavy atom. The van der Waals surface area contributed by atoms with Crippen LogP contribution in [0.3, 0.4) is 0 Å². The van der Waals surface area contributed by atoms with Gasteiger partial charge in [0, 0.05) is 32.5 Å². The van der Waals surface area contributed by atoms with Crippen LogP contribution in [0.2, 0.25) is 0 Å². The molecule has 1 aromatic carbocycles. The van der Waals surface area contributed by atoms with E-state index in [0.29, 0.717) is 24.9 Å². The molecule has 4 nitrogen and oxygen atoms in total. The van der Waals surface area contributed by atoms with E-state index in [-0.39, 0.29) is 11.7 Å². The number of nitrogens with zero attached hydrogens (tertiary/aromatic N) is 1. The van der Waals surface area contributed by atoms with Crippen molar-refractivity contribution in [2.45, 2.75) is 50.7 Å². The minimum atomic E-state index is -0.145. The molecule has 1 aliphatic carbocycles. The van der Waals surface area contributed by atoms with Gasteiger partial charge in [-0.2, -0.15) is 0 Å². The zero-order valence-corrected chi connectivity index (χ0v) is 14.5. The molecule has 130 valence electrons. The highest BCUT2D eigenvalue weighted by atomic mass is 16.6. The van der Waals surface area contributed by atoms with Crippen molar-refractivity contribution in [2.75, 3.05) is 26.3 Å². The summed E-state index contributed by atoms with van der Waals surface area (Å²) in [5.74, 6) is 0.764. The summed E-state index contributed by atoms with van der Waals surface area (Å²) >= 11 is 0. The Labute approximate surface area is 144 Å². The number of fused-ring (bicyclic) bond motifs is 1. The van der Waals surface area contributed by atoms with E-state index in [4.69, 9.17) is 9.47 Å². The van der Waals surface area contributed by atoms with Crippen molar-refractivity contribution in [3.05, 3.63) is 35.4 Å². The summed E-state index contributed by atoms with van der Waals surface area (Å²) in [4.78, 5) is 14.8. The van der Waals surface area contributed by atoms with Gasteiger partial charge in [0.15, 0.2) is 0 Å². The molecule has 1 aromatic rings. The molecule has 24 heavy (non-hydrogen) atoms. The Morgan fingerprint density at radius 1 is 1.33 bits per heavy atom. The summed E-state index contributed by atoms with van der Waals surface area (Å²) in [5.41, 5.74) is 2.70. The lowest BCUT2D eigenvalue weighted by molar-refractivity contribution is -0.132. The maximum Gasteiger partial charge on any atom is 0.222 e. The number of amides is 1. The second kappa shape index (κ2) is 6.49. The third-order valence-electron chi connectivity index (χ3n) is 5.85. The van der Waals surface area contributed by atoms with Gasteiger partial charge in [0.05, 0.1) is 18.3 Å². The molecule has 0 unspecified atom stereocenters. The summed E-state index contributed by atoms with van der Waals surface area (Å²) in [6.07, 6.45) is 4.84. The molecule has 3 aliphatic rings. The van der Waals surface area contributed by atoms with Crippen molar-refractivity contribution >= 4 is 5.91 Å². The summed E-state index contributed by atoms with van der Waals surface area (Å²) in [6.45, 7) is 5.00. The third kappa shape index (κ3) is 3.09. The van der Waals surface area contributed by atoms with Crippen LogP contribution < -0.4 is 0 Å². The number of benzene rings is 1. The van der Waals surface area contributed by atoms with E-state index in [1.165, 1.54) is 11.1 Å². The predicted molar refractivity (Wildman–Crippen MR) is 91.9 cm³/mol. The van der Waals surface area contributed by atoms with Gasteiger partial charge in [-0.25, -0.2) is 0 Å². The number of hydrogen-bond donors (Lipinski definition) is 0. The van der Waals surface area contributed by atoms with Crippen molar-refractivity contribution in [2.24, 2.45) is 5.92 Å². The highest BCUT2D eigenvalue weighted by molar-refractivity contribution is 5.77. The van der Waals surface area contributed by atoms with Crippen molar-refractivity contribution in [3.8, 4) is 0 Å². The van der Waals surface area contributed by atoms with Crippen LogP contribution in [0, 0.1) is 5.92 Å². The summed E-state index contributed by atoms with van der Waals surface area (Å²) in [5, 5.41) is 0. The van der Waals surface area contributed by atoms with Gasteiger partial charge in [0.1, 0.15) is 0 Å². The first kappa shape index (κ1) is 16.1. The Morgan fingerprint density at radius 2 is 2.08 bits per heavy atom. The molecule has 0 aromatic heterocycles. The molecule has 0 N–H and O–H groups in total. The molecule has 4 heteroatoms. The molecule has 0 bridgehead atoms. The van der Waals surface area contributed by atoms with Crippen LogP contribution in [0.4, 0.5) is 0 Å². The second-order valence-electron chi connectivity index (χ2n) is 7.59. The SMILES string of the molecule is CCO[C@@H]1CO[C@]2(CCN(C(=O)CC3Cc4ccccc4C3)C2)C1. The van der Waals surface area contributed by atoms with Crippen LogP contribution in [0.25, 0.3) is 0 Å². The lowest BCUT2D eigenvalue weighted by Gasteiger charge is -2.24. The van der Waals surface area contributed by atoms with Crippen LogP contribution in [-0.4, -0.2) is 48.8 Å². The van der Waals surface area contributed by atoms with Crippen LogP contribution in [0.1, 0.15) is 37.3 Å². The normalized spacial score (nSPS) is 29.5. The maximum absolute atomic E-state index is 12.7. The molecule has 0 radical (unpaired) electrons. The molecule has 2 heterocycles. The summed E-state index contributed by atoms with van der Waals surface area (Å²) in [6, 6.07) is 8.59. The number of likely N-dealkylation sites (tertiary alicyclic amines) is 1. The molecular weight excluding hydrogens is 302 g/mol. The van der Waals surface area contributed by atoms with Gasteiger partial charge in [-0.3, -0.25) is 4.79 Å². The van der Waals surface area contributed by atoms with Gasteiger partial charge in [0.2, 0.25) is 5.91 Å². The first-order chi connectivity index (χ1) is 11.7. The number of hydrogen-bond acceptors (Lipinski definition) is 3. The zero-order chi connectivity index (χ0) is 16.6. The fraction of sp³-hybridized carbons (Fsp3) is 0.650. The van der Waals surface area contributed by atoms with Gasteiger partial charge in [-0.1, -0.05) is 24.3 Å². The maximum atomic E-state index is 12.7. The minimum Gasteiger partial charge on any atom is -0.376 e. The molecular formula is C20H27NO3. The minimum absolute atomic E-state index is 0.145. The van der Waals surface area contributed by atoms with E-state index in [0.717, 1.165) is 45.4 Å². The highest BCUT2D eigenvalue weighted by Gasteiger charge is 2.47. The number of rotatable bonds is 4. The van der Waals surface area contributed by atoms with Gasteiger partial charge in [-0.15, -0.1) is 0 Å². The third-order valence-corrected chi connectivity index (χ3v) is 5.85. The fourth-order valence-corrected chi connectivity index (χ4v) is 4.66. The smallest absolute Gasteiger partial charge is 0.222 e. The molecule has 4 rings (SSSR count). The lowest BCUT2D eigenvalue weighted by atomic mass is 9.98. The zero-order valence-electron chi connectivity index (χ0n) is 14.5. The lowest BCUT2D eigenvalue weighted by Crippen LogP contribution is -2.36. The summed E-state index contributed by atoms with van der Waals surface area (Å²) in [7, 11) is 0. The van der Waals surface area contributed by atoms with Crippen LogP contribution >= 0.6 is 0 Å². The second-order valence-corrected chi connectivity index (χ2v) is 7.59. The first-order valence-electron chi connectivity index (χ1n) is 9.27. The molecule has 0 saturated carbocycles. The van der Waals surface area contributed by atoms with Crippen molar-refractivity contribution in [3.63, 3.8) is 0 Å². The van der Waals surface area contributed by atoms with E-state index in [1.54, 1.807) is 0 Å². The first-order valence-corrected chi connectivity index (χ1v) is 9.27. The van der Waals surface area contributed by atoms with E-state index in [9.17, 15) is 4.79 Å². The average Bonchev–Trinajstić information content (AvgIpc) is 3.27. The topological polar surface area (TPSA) is 38.8 Å². The van der Waals surface area contributed by atoms with Crippen molar-refractivity contribution in [1.29, 1.82) is 0 Å². The Hall–Kier alpha value is -1.39. The van der Waals surface area contributed by atoms with E-state index >= 15 is 0 Å². The van der Waals surface area contributed by atoms with E-state index in [2.05, 4.69) is 24.3 Å². The number of ether oxygens (including phenoxy) is 2. The summed E-state index contributed by atoms with van der Waals surface area (Å²) < 4.78 is 11.7. The van der Waals surface area contributed by atoms with Crippen molar-refractivity contribution < 1.29 is 14.3 Å². The molecule has 1 spiro atoms. The van der Waals surface area contributed by atoms with E-state index in [1.807, 2.05) is 11.8 Å². The quantitative estimate of drug-likeness (QED) is 0.852. The Balaban J connectivity index is 1.31. The molecule has 2 fully saturated rings. The van der Waals surface area contributed by atoms with Gasteiger partial charge in [0.25, 0.3) is 0 Å². The largest absolute Gasteiger partial charge is 0.376 e. The Kier molecular flexibility index (Phi) is 4.35. The molecule has 1 amide bonds. The van der Waals surface area contributed by atoms with Gasteiger partial charge >= 0.3 is 0 Å². The fourth-order valence-electron chi connectivity index (χ4n) is 4.66. The monoisotopic (exact) mass is 329 g/mol. The average molecular weight is 329 g/mol. The Bertz CT molecular complexity index is 592.